The number of carbonyl (C=O) groups excluding carboxylic acids is 1. The number of ketones is 1. The van der Waals surface area contributed by atoms with E-state index in [1.54, 1.807) is 6.20 Å². The van der Waals surface area contributed by atoms with Gasteiger partial charge in [0.05, 0.1) is 69.7 Å². The summed E-state index contributed by atoms with van der Waals surface area (Å²) in [5.41, 5.74) is 1.94. The SMILES string of the molecule is CCN(CCCC(=O)c1cnc2cc(I)ccc2n1)CCOCCOCCOCCOS(C)(=O)=O. The number of halogens is 1. The lowest BCUT2D eigenvalue weighted by Crippen LogP contribution is -2.29. The number of rotatable bonds is 19. The van der Waals surface area contributed by atoms with Crippen LogP contribution >= 0.6 is 22.6 Å². The van der Waals surface area contributed by atoms with E-state index in [9.17, 15) is 13.2 Å². The van der Waals surface area contributed by atoms with Gasteiger partial charge in [0, 0.05) is 16.5 Å². The highest BCUT2D eigenvalue weighted by atomic mass is 127. The molecule has 2 rings (SSSR count). The molecule has 1 aromatic carbocycles. The zero-order valence-corrected chi connectivity index (χ0v) is 23.3. The topological polar surface area (TPSA) is 117 Å². The molecule has 0 atom stereocenters. The zero-order valence-electron chi connectivity index (χ0n) is 20.3. The second kappa shape index (κ2) is 16.5. The van der Waals surface area contributed by atoms with Gasteiger partial charge in [0.15, 0.2) is 5.78 Å². The van der Waals surface area contributed by atoms with Crippen molar-refractivity contribution in [2.24, 2.45) is 0 Å². The molecule has 0 saturated carbocycles. The Kier molecular flexibility index (Phi) is 14.1. The van der Waals surface area contributed by atoms with E-state index in [0.29, 0.717) is 45.1 Å². The minimum atomic E-state index is -3.42. The van der Waals surface area contributed by atoms with E-state index in [0.717, 1.165) is 46.9 Å². The predicted molar refractivity (Wildman–Crippen MR) is 141 cm³/mol. The molecule has 0 aliphatic heterocycles. The first-order valence-electron chi connectivity index (χ1n) is 11.5. The smallest absolute Gasteiger partial charge is 0.264 e. The van der Waals surface area contributed by atoms with Crippen LogP contribution in [0.25, 0.3) is 11.0 Å². The number of fused-ring (bicyclic) bond motifs is 1. The van der Waals surface area contributed by atoms with Gasteiger partial charge in [0.25, 0.3) is 10.1 Å². The Balaban J connectivity index is 1.50. The molecule has 12 heteroatoms. The van der Waals surface area contributed by atoms with Gasteiger partial charge in [-0.15, -0.1) is 0 Å². The maximum atomic E-state index is 12.5. The Hall–Kier alpha value is -1.29. The summed E-state index contributed by atoms with van der Waals surface area (Å²) < 4.78 is 43.5. The van der Waals surface area contributed by atoms with E-state index < -0.39 is 10.1 Å². The number of likely N-dealkylation sites (N-methyl/N-ethyl adjacent to an activating group) is 1. The van der Waals surface area contributed by atoms with Gasteiger partial charge in [0.1, 0.15) is 5.69 Å². The second-order valence-electron chi connectivity index (χ2n) is 7.71. The van der Waals surface area contributed by atoms with Crippen molar-refractivity contribution in [3.8, 4) is 0 Å². The van der Waals surface area contributed by atoms with Gasteiger partial charge in [-0.2, -0.15) is 8.42 Å². The van der Waals surface area contributed by atoms with Gasteiger partial charge in [-0.1, -0.05) is 6.92 Å². The summed E-state index contributed by atoms with van der Waals surface area (Å²) in [7, 11) is -3.42. The molecular weight excluding hydrogens is 589 g/mol. The number of nitrogens with zero attached hydrogens (tertiary/aromatic N) is 3. The summed E-state index contributed by atoms with van der Waals surface area (Å²) in [6.45, 7) is 7.02. The molecule has 0 aliphatic carbocycles. The Morgan fingerprint density at radius 1 is 0.971 bits per heavy atom. The average Bonchev–Trinajstić information content (AvgIpc) is 2.82. The molecule has 0 bridgehead atoms. The largest absolute Gasteiger partial charge is 0.378 e. The van der Waals surface area contributed by atoms with E-state index in [4.69, 9.17) is 14.2 Å². The lowest BCUT2D eigenvalue weighted by atomic mass is 10.1. The number of Topliss-reactive ketones (excluding diaryl/α,β-unsaturated/α-hetero) is 1. The van der Waals surface area contributed by atoms with E-state index in [1.807, 2.05) is 18.2 Å². The summed E-state index contributed by atoms with van der Waals surface area (Å²) in [4.78, 5) is 23.6. The molecule has 196 valence electrons. The summed E-state index contributed by atoms with van der Waals surface area (Å²) in [6, 6.07) is 5.79. The minimum Gasteiger partial charge on any atom is -0.378 e. The zero-order chi connectivity index (χ0) is 25.5. The van der Waals surface area contributed by atoms with Crippen molar-refractivity contribution < 1.29 is 31.6 Å². The van der Waals surface area contributed by atoms with Crippen LogP contribution in [0, 0.1) is 3.57 Å². The maximum Gasteiger partial charge on any atom is 0.264 e. The van der Waals surface area contributed by atoms with Crippen LogP contribution < -0.4 is 0 Å². The van der Waals surface area contributed by atoms with Crippen molar-refractivity contribution in [3.63, 3.8) is 0 Å². The van der Waals surface area contributed by atoms with Crippen LogP contribution in [0.5, 0.6) is 0 Å². The molecule has 0 fully saturated rings. The summed E-state index contributed by atoms with van der Waals surface area (Å²) in [6.07, 6.45) is 3.74. The highest BCUT2D eigenvalue weighted by Gasteiger charge is 2.11. The Morgan fingerprint density at radius 3 is 2.29 bits per heavy atom. The Morgan fingerprint density at radius 2 is 1.63 bits per heavy atom. The van der Waals surface area contributed by atoms with Crippen molar-refractivity contribution in [1.82, 2.24) is 14.9 Å². The van der Waals surface area contributed by atoms with Gasteiger partial charge in [-0.3, -0.25) is 14.0 Å². The fraction of sp³-hybridized carbons (Fsp3) is 0.609. The summed E-state index contributed by atoms with van der Waals surface area (Å²) in [5, 5.41) is 0. The first-order chi connectivity index (χ1) is 16.8. The molecule has 1 heterocycles. The number of aromatic nitrogens is 2. The van der Waals surface area contributed by atoms with Crippen LogP contribution in [0.15, 0.2) is 24.4 Å². The van der Waals surface area contributed by atoms with Gasteiger partial charge in [-0.25, -0.2) is 4.98 Å². The molecule has 0 unspecified atom stereocenters. The first kappa shape index (κ1) is 29.9. The van der Waals surface area contributed by atoms with E-state index >= 15 is 0 Å². The standard InChI is InChI=1S/C23H34IN3O7S/c1-3-27(9-10-31-11-12-32-13-14-33-15-16-34-35(2,29)30)8-4-5-23(28)22-18-25-21-17-19(24)6-7-20(21)26-22/h6-7,17-18H,3-5,8-16H2,1-2H3. The molecular formula is C23H34IN3O7S. The fourth-order valence-corrected chi connectivity index (χ4v) is 3.96. The third-order valence-corrected chi connectivity index (χ3v) is 6.20. The number of hydrogen-bond acceptors (Lipinski definition) is 10. The van der Waals surface area contributed by atoms with Gasteiger partial charge in [0.2, 0.25) is 0 Å². The molecule has 0 N–H and O–H groups in total. The molecule has 0 saturated heterocycles. The molecule has 1 aromatic heterocycles. The molecule has 0 spiro atoms. The number of hydrogen-bond donors (Lipinski definition) is 0. The first-order valence-corrected chi connectivity index (χ1v) is 14.4. The monoisotopic (exact) mass is 623 g/mol. The Bertz CT molecular complexity index is 1020. The number of benzene rings is 1. The van der Waals surface area contributed by atoms with E-state index in [-0.39, 0.29) is 19.0 Å². The van der Waals surface area contributed by atoms with Crippen LogP contribution in [-0.4, -0.2) is 101 Å². The van der Waals surface area contributed by atoms with Crippen LogP contribution in [0.4, 0.5) is 0 Å². The molecule has 0 aliphatic rings. The van der Waals surface area contributed by atoms with Crippen molar-refractivity contribution >= 4 is 49.5 Å². The maximum absolute atomic E-state index is 12.5. The summed E-state index contributed by atoms with van der Waals surface area (Å²) in [5.74, 6) is 0.00861. The highest BCUT2D eigenvalue weighted by molar-refractivity contribution is 14.1. The Labute approximate surface area is 220 Å². The third-order valence-electron chi connectivity index (χ3n) is 4.94. The van der Waals surface area contributed by atoms with Crippen LogP contribution in [0.1, 0.15) is 30.3 Å². The molecule has 2 aromatic rings. The average molecular weight is 624 g/mol. The molecule has 35 heavy (non-hydrogen) atoms. The normalized spacial score (nSPS) is 12.0. The molecule has 10 nitrogen and oxygen atoms in total. The van der Waals surface area contributed by atoms with Crippen molar-refractivity contribution in [1.29, 1.82) is 0 Å². The second-order valence-corrected chi connectivity index (χ2v) is 10.6. The number of ether oxygens (including phenoxy) is 3. The lowest BCUT2D eigenvalue weighted by Gasteiger charge is -2.20. The third kappa shape index (κ3) is 13.0. The molecule has 0 radical (unpaired) electrons. The number of carbonyl (C=O) groups is 1. The fourth-order valence-electron chi connectivity index (χ4n) is 3.12. The van der Waals surface area contributed by atoms with Gasteiger partial charge >= 0.3 is 0 Å². The van der Waals surface area contributed by atoms with E-state index in [2.05, 4.69) is 48.6 Å². The quantitative estimate of drug-likeness (QED) is 0.100. The van der Waals surface area contributed by atoms with Gasteiger partial charge < -0.3 is 19.1 Å². The highest BCUT2D eigenvalue weighted by Crippen LogP contribution is 2.14. The van der Waals surface area contributed by atoms with Crippen LogP contribution in [-0.2, 0) is 28.5 Å². The van der Waals surface area contributed by atoms with Crippen molar-refractivity contribution in [3.05, 3.63) is 33.7 Å². The molecule has 0 amide bonds. The minimum absolute atomic E-state index is 0.00107. The predicted octanol–water partition coefficient (Wildman–Crippen LogP) is 2.55. The summed E-state index contributed by atoms with van der Waals surface area (Å²) >= 11 is 2.23. The van der Waals surface area contributed by atoms with Crippen molar-refractivity contribution in [2.75, 3.05) is 72.1 Å². The van der Waals surface area contributed by atoms with Crippen molar-refractivity contribution in [2.45, 2.75) is 19.8 Å². The lowest BCUT2D eigenvalue weighted by molar-refractivity contribution is 0.00651. The van der Waals surface area contributed by atoms with Crippen LogP contribution in [0.3, 0.4) is 0 Å². The van der Waals surface area contributed by atoms with Gasteiger partial charge in [-0.05, 0) is 60.3 Å². The van der Waals surface area contributed by atoms with E-state index in [1.165, 1.54) is 0 Å². The van der Waals surface area contributed by atoms with Crippen LogP contribution in [0.2, 0.25) is 0 Å².